The van der Waals surface area contributed by atoms with Crippen molar-refractivity contribution in [2.45, 2.75) is 18.1 Å². The highest BCUT2D eigenvalue weighted by molar-refractivity contribution is 7.94. The van der Waals surface area contributed by atoms with E-state index in [0.717, 1.165) is 16.0 Å². The third-order valence-corrected chi connectivity index (χ3v) is 5.64. The van der Waals surface area contributed by atoms with Crippen molar-refractivity contribution in [1.82, 2.24) is 0 Å². The fourth-order valence-electron chi connectivity index (χ4n) is 1.76. The molecule has 4 nitrogen and oxygen atoms in total. The fraction of sp³-hybridized carbons (Fsp3) is 0.200. The van der Waals surface area contributed by atoms with E-state index in [2.05, 4.69) is 16.6 Å². The molecule has 0 unspecified atom stereocenters. The number of hydrogen-bond donors (Lipinski definition) is 2. The number of thiophene rings is 1. The van der Waals surface area contributed by atoms with E-state index in [4.69, 9.17) is 5.73 Å². The van der Waals surface area contributed by atoms with Gasteiger partial charge in [0.25, 0.3) is 10.0 Å². The number of hydrogen-bond acceptors (Lipinski definition) is 4. The van der Waals surface area contributed by atoms with Crippen LogP contribution in [0.25, 0.3) is 0 Å². The molecule has 0 saturated heterocycles. The number of anilines is 1. The zero-order valence-electron chi connectivity index (χ0n) is 11.8. The van der Waals surface area contributed by atoms with Crippen LogP contribution in [0.4, 0.5) is 5.69 Å². The first-order valence-electron chi connectivity index (χ1n) is 6.31. The highest BCUT2D eigenvalue weighted by Gasteiger charge is 2.17. The number of sulfonamides is 1. The predicted octanol–water partition coefficient (Wildman–Crippen LogP) is 2.48. The third-order valence-electron chi connectivity index (χ3n) is 2.79. The number of nitrogens with two attached hydrogens (primary N) is 1. The lowest BCUT2D eigenvalue weighted by molar-refractivity contribution is 0.603. The molecule has 0 fully saturated rings. The van der Waals surface area contributed by atoms with Crippen LogP contribution in [0.3, 0.4) is 0 Å². The number of benzene rings is 1. The second-order valence-corrected chi connectivity index (χ2v) is 7.70. The van der Waals surface area contributed by atoms with Gasteiger partial charge in [-0.2, -0.15) is 0 Å². The number of aryl methyl sites for hydroxylation is 2. The summed E-state index contributed by atoms with van der Waals surface area (Å²) in [6, 6.07) is 8.72. The van der Waals surface area contributed by atoms with Gasteiger partial charge in [-0.3, -0.25) is 4.72 Å². The Morgan fingerprint density at radius 1 is 1.24 bits per heavy atom. The van der Waals surface area contributed by atoms with Gasteiger partial charge in [0.05, 0.1) is 12.2 Å². The molecule has 1 aromatic carbocycles. The van der Waals surface area contributed by atoms with Crippen molar-refractivity contribution in [3.05, 3.63) is 46.3 Å². The summed E-state index contributed by atoms with van der Waals surface area (Å²) < 4.78 is 27.5. The van der Waals surface area contributed by atoms with Gasteiger partial charge in [0, 0.05) is 10.4 Å². The standard InChI is InChI=1S/C15H16N2O2S2/c1-11-10-13(4-3-9-16)6-7-14(11)17-21(18,19)15-8-5-12(2)20-15/h5-8,10,17H,9,16H2,1-2H3. The largest absolute Gasteiger partial charge is 0.320 e. The van der Waals surface area contributed by atoms with Gasteiger partial charge in [-0.05, 0) is 49.7 Å². The molecule has 2 rings (SSSR count). The van der Waals surface area contributed by atoms with Crippen molar-refractivity contribution in [2.24, 2.45) is 5.73 Å². The SMILES string of the molecule is Cc1ccc(S(=O)(=O)Nc2ccc(C#CCN)cc2C)s1. The third kappa shape index (κ3) is 3.85. The van der Waals surface area contributed by atoms with Crippen LogP contribution >= 0.6 is 11.3 Å². The van der Waals surface area contributed by atoms with Crippen molar-refractivity contribution in [3.8, 4) is 11.8 Å². The molecule has 0 bridgehead atoms. The van der Waals surface area contributed by atoms with Crippen LogP contribution in [0.5, 0.6) is 0 Å². The Labute approximate surface area is 129 Å². The summed E-state index contributed by atoms with van der Waals surface area (Å²) in [6.45, 7) is 4.01. The minimum atomic E-state index is -3.53. The molecule has 0 saturated carbocycles. The van der Waals surface area contributed by atoms with E-state index in [9.17, 15) is 8.42 Å². The first-order chi connectivity index (χ1) is 9.92. The second-order valence-electron chi connectivity index (χ2n) is 4.51. The Kier molecular flexibility index (Phi) is 4.68. The molecule has 0 amide bonds. The van der Waals surface area contributed by atoms with E-state index in [1.807, 2.05) is 19.9 Å². The fourth-order valence-corrected chi connectivity index (χ4v) is 4.17. The van der Waals surface area contributed by atoms with Gasteiger partial charge in [-0.15, -0.1) is 11.3 Å². The molecule has 1 heterocycles. The molecule has 21 heavy (non-hydrogen) atoms. The predicted molar refractivity (Wildman–Crippen MR) is 87.0 cm³/mol. The summed E-state index contributed by atoms with van der Waals surface area (Å²) in [4.78, 5) is 0.958. The molecule has 3 N–H and O–H groups in total. The van der Waals surface area contributed by atoms with Gasteiger partial charge in [0.2, 0.25) is 0 Å². The molecule has 0 radical (unpaired) electrons. The monoisotopic (exact) mass is 320 g/mol. The molecule has 2 aromatic rings. The Morgan fingerprint density at radius 2 is 2.00 bits per heavy atom. The van der Waals surface area contributed by atoms with E-state index in [0.29, 0.717) is 16.4 Å². The van der Waals surface area contributed by atoms with Gasteiger partial charge in [-0.1, -0.05) is 11.8 Å². The molecule has 0 aliphatic rings. The van der Waals surface area contributed by atoms with E-state index < -0.39 is 10.0 Å². The Balaban J connectivity index is 2.27. The van der Waals surface area contributed by atoms with Crippen molar-refractivity contribution in [3.63, 3.8) is 0 Å². The minimum absolute atomic E-state index is 0.297. The Morgan fingerprint density at radius 3 is 2.57 bits per heavy atom. The smallest absolute Gasteiger partial charge is 0.271 e. The van der Waals surface area contributed by atoms with Crippen LogP contribution in [0.2, 0.25) is 0 Å². The average Bonchev–Trinajstić information content (AvgIpc) is 2.86. The highest BCUT2D eigenvalue weighted by atomic mass is 32.2. The molecule has 0 spiro atoms. The highest BCUT2D eigenvalue weighted by Crippen LogP contribution is 2.25. The van der Waals surface area contributed by atoms with Crippen molar-refractivity contribution >= 4 is 27.0 Å². The maximum atomic E-state index is 12.3. The van der Waals surface area contributed by atoms with E-state index >= 15 is 0 Å². The van der Waals surface area contributed by atoms with Crippen LogP contribution in [0.15, 0.2) is 34.5 Å². The molecule has 1 aromatic heterocycles. The molecule has 0 aliphatic carbocycles. The van der Waals surface area contributed by atoms with Gasteiger partial charge >= 0.3 is 0 Å². The maximum Gasteiger partial charge on any atom is 0.271 e. The summed E-state index contributed by atoms with van der Waals surface area (Å²) in [5.74, 6) is 5.69. The first kappa shape index (κ1) is 15.6. The summed E-state index contributed by atoms with van der Waals surface area (Å²) in [5, 5.41) is 0. The zero-order valence-corrected chi connectivity index (χ0v) is 13.4. The second kappa shape index (κ2) is 6.31. The zero-order chi connectivity index (χ0) is 15.5. The average molecular weight is 320 g/mol. The molecule has 0 atom stereocenters. The normalized spacial score (nSPS) is 10.8. The molecule has 110 valence electrons. The molecule has 6 heteroatoms. The summed E-state index contributed by atoms with van der Waals surface area (Å²) in [6.07, 6.45) is 0. The lowest BCUT2D eigenvalue weighted by Gasteiger charge is -2.09. The lowest BCUT2D eigenvalue weighted by atomic mass is 10.1. The number of rotatable bonds is 3. The van der Waals surface area contributed by atoms with E-state index in [1.54, 1.807) is 24.3 Å². The van der Waals surface area contributed by atoms with E-state index in [1.165, 1.54) is 11.3 Å². The van der Waals surface area contributed by atoms with Gasteiger partial charge < -0.3 is 5.73 Å². The van der Waals surface area contributed by atoms with Gasteiger partial charge in [-0.25, -0.2) is 8.42 Å². The van der Waals surface area contributed by atoms with Crippen LogP contribution in [-0.4, -0.2) is 15.0 Å². The molecule has 0 aliphatic heterocycles. The summed E-state index contributed by atoms with van der Waals surface area (Å²) >= 11 is 1.25. The Hall–Kier alpha value is -1.81. The topological polar surface area (TPSA) is 72.2 Å². The summed E-state index contributed by atoms with van der Waals surface area (Å²) in [5.41, 5.74) is 7.51. The quantitative estimate of drug-likeness (QED) is 0.853. The van der Waals surface area contributed by atoms with Crippen LogP contribution in [0.1, 0.15) is 16.0 Å². The van der Waals surface area contributed by atoms with Crippen molar-refractivity contribution in [2.75, 3.05) is 11.3 Å². The first-order valence-corrected chi connectivity index (χ1v) is 8.61. The molecular weight excluding hydrogens is 304 g/mol. The van der Waals surface area contributed by atoms with Crippen LogP contribution < -0.4 is 10.5 Å². The van der Waals surface area contributed by atoms with Crippen molar-refractivity contribution < 1.29 is 8.42 Å². The van der Waals surface area contributed by atoms with Gasteiger partial charge in [0.1, 0.15) is 4.21 Å². The minimum Gasteiger partial charge on any atom is -0.320 e. The number of nitrogens with one attached hydrogen (secondary N) is 1. The summed E-state index contributed by atoms with van der Waals surface area (Å²) in [7, 11) is -3.53. The van der Waals surface area contributed by atoms with Crippen molar-refractivity contribution in [1.29, 1.82) is 0 Å². The van der Waals surface area contributed by atoms with Gasteiger partial charge in [0.15, 0.2) is 0 Å². The maximum absolute atomic E-state index is 12.3. The molecular formula is C15H16N2O2S2. The van der Waals surface area contributed by atoms with Crippen LogP contribution in [-0.2, 0) is 10.0 Å². The Bertz CT molecular complexity index is 812. The lowest BCUT2D eigenvalue weighted by Crippen LogP contribution is -2.12. The van der Waals surface area contributed by atoms with E-state index in [-0.39, 0.29) is 0 Å². The van der Waals surface area contributed by atoms with Crippen LogP contribution in [0, 0.1) is 25.7 Å².